The summed E-state index contributed by atoms with van der Waals surface area (Å²) in [5, 5.41) is 134. The molecule has 0 radical (unpaired) electrons. The SMILES string of the molecule is CC[C@H]1OC(=O)[C@H](C)[C@@H](O[C@H]2C[C@@](C)(OC)[C@@H](O)[C@H](C)O2)[C@H](C)[C@@H](O[C@@H]2O[C@H](C)C[C@H](N(C)C)[C@H]2O)[C@](C)(O)C[C@@H](C)CN(CCCNC(=O)c2ccccc2Nc2c(Cl)ccc(C)c2Cl)[C@H](C)[C@@H](O)[C@]1(C)O.CC[C@H]1OC(=O)[C@H](C)[C@@H](O[C@H]2C[C@@](C)(OC)[C@@H](O)[C@H](C)O2)[C@H](C)[C@@H](O[C@@H]2O[C@H](C)C[C@H](N(C)C)[C@H]2O)[C@](C)(O)C[C@@H](C)CN(CCCNC(=O)c2ccccc2Nc2cccc(C)c2C)[C@H](C)[C@@H](O)[C@]1(C)O. The van der Waals surface area contributed by atoms with Crippen LogP contribution in [0.15, 0.2) is 78.9 Å². The van der Waals surface area contributed by atoms with Crippen LogP contribution in [0, 0.1) is 56.3 Å². The van der Waals surface area contributed by atoms with Crippen molar-refractivity contribution in [1.82, 2.24) is 30.2 Å². The fourth-order valence-electron chi connectivity index (χ4n) is 22.5. The molecule has 36 atom stereocenters. The predicted octanol–water partition coefficient (Wildman–Crippen LogP) is 11.9. The lowest BCUT2D eigenvalue weighted by Crippen LogP contribution is -2.60. The molecule has 6 heterocycles. The van der Waals surface area contributed by atoms with Crippen LogP contribution in [0.1, 0.15) is 240 Å². The van der Waals surface area contributed by atoms with Crippen LogP contribution >= 0.6 is 23.2 Å². The number of anilines is 4. The summed E-state index contributed by atoms with van der Waals surface area (Å²) in [6.45, 7) is 42.8. The Bertz CT molecular complexity index is 4790. The minimum Gasteiger partial charge on any atom is -0.459 e. The highest BCUT2D eigenvalue weighted by atomic mass is 35.5. The van der Waals surface area contributed by atoms with Gasteiger partial charge in [-0.25, -0.2) is 0 Å². The van der Waals surface area contributed by atoms with Gasteiger partial charge in [0.15, 0.2) is 25.2 Å². The lowest BCUT2D eigenvalue weighted by Gasteiger charge is -2.48. The Morgan fingerprint density at radius 1 is 0.483 bits per heavy atom. The van der Waals surface area contributed by atoms with Gasteiger partial charge in [-0.3, -0.25) is 29.0 Å². The zero-order chi connectivity index (χ0) is 108. The Morgan fingerprint density at radius 3 is 1.24 bits per heavy atom. The summed E-state index contributed by atoms with van der Waals surface area (Å²) in [5.74, 6) is -6.47. The molecule has 0 aromatic heterocycles. The number of rotatable bonds is 28. The van der Waals surface area contributed by atoms with E-state index in [2.05, 4.69) is 21.3 Å². The molecule has 4 aromatic carbocycles. The number of carbonyl (C=O) groups is 4. The average molecular weight is 2090 g/mol. The Balaban J connectivity index is 0.000000323. The van der Waals surface area contributed by atoms with E-state index in [9.17, 15) is 70.2 Å². The summed E-state index contributed by atoms with van der Waals surface area (Å²) in [7, 11) is 10.5. The molecule has 822 valence electrons. The molecule has 0 saturated carbocycles. The second-order valence-corrected chi connectivity index (χ2v) is 45.1. The van der Waals surface area contributed by atoms with Gasteiger partial charge in [-0.1, -0.05) is 107 Å². The zero-order valence-corrected chi connectivity index (χ0v) is 92.7. The average Bonchev–Trinajstić information content (AvgIpc) is 1.35. The number of halogens is 2. The number of nitrogens with one attached hydrogen (secondary N) is 4. The molecule has 0 bridgehead atoms. The highest BCUT2D eigenvalue weighted by molar-refractivity contribution is 6.39. The van der Waals surface area contributed by atoms with E-state index in [1.807, 2.05) is 153 Å². The summed E-state index contributed by atoms with van der Waals surface area (Å²) >= 11 is 13.1. The number of benzene rings is 4. The van der Waals surface area contributed by atoms with E-state index in [4.69, 9.17) is 80.0 Å². The molecule has 6 fully saturated rings. The van der Waals surface area contributed by atoms with Crippen LogP contribution in [0.4, 0.5) is 22.7 Å². The number of aliphatic hydroxyl groups is 10. The molecule has 0 spiro atoms. The first-order valence-electron chi connectivity index (χ1n) is 52.1. The van der Waals surface area contributed by atoms with Crippen LogP contribution in [0.3, 0.4) is 0 Å². The van der Waals surface area contributed by atoms with E-state index in [1.165, 1.54) is 28.1 Å². The minimum atomic E-state index is -1.95. The van der Waals surface area contributed by atoms with Crippen LogP contribution in [0.25, 0.3) is 0 Å². The van der Waals surface area contributed by atoms with Crippen molar-refractivity contribution in [3.05, 3.63) is 117 Å². The summed E-state index contributed by atoms with van der Waals surface area (Å²) in [5.41, 5.74) is -2.91. The second-order valence-electron chi connectivity index (χ2n) is 44.3. The van der Waals surface area contributed by atoms with Gasteiger partial charge in [0, 0.05) is 108 Å². The predicted molar refractivity (Wildman–Crippen MR) is 557 cm³/mol. The molecule has 36 heteroatoms. The van der Waals surface area contributed by atoms with E-state index in [0.717, 1.165) is 22.4 Å². The van der Waals surface area contributed by atoms with Crippen LogP contribution in [-0.4, -0.2) is 357 Å². The van der Waals surface area contributed by atoms with Crippen LogP contribution in [0.2, 0.25) is 10.0 Å². The summed E-state index contributed by atoms with van der Waals surface area (Å²) < 4.78 is 76.4. The summed E-state index contributed by atoms with van der Waals surface area (Å²) in [4.78, 5) is 64.7. The van der Waals surface area contributed by atoms with Crippen molar-refractivity contribution in [1.29, 1.82) is 0 Å². The van der Waals surface area contributed by atoms with Gasteiger partial charge in [-0.15, -0.1) is 0 Å². The fourth-order valence-corrected chi connectivity index (χ4v) is 22.9. The van der Waals surface area contributed by atoms with Gasteiger partial charge >= 0.3 is 11.9 Å². The van der Waals surface area contributed by atoms with Crippen molar-refractivity contribution < 1.29 is 127 Å². The summed E-state index contributed by atoms with van der Waals surface area (Å²) in [6, 6.07) is 21.8. The molecular weight excluding hydrogens is 1910 g/mol. The lowest BCUT2D eigenvalue weighted by molar-refractivity contribution is -0.318. The number of likely N-dealkylation sites (N-methyl/N-ethyl adjacent to an activating group) is 2. The molecule has 34 nitrogen and oxygen atoms in total. The lowest BCUT2D eigenvalue weighted by atomic mass is 9.77. The number of hydrogen-bond donors (Lipinski definition) is 14. The number of hydrogen-bond acceptors (Lipinski definition) is 32. The number of para-hydroxylation sites is 2. The van der Waals surface area contributed by atoms with Crippen molar-refractivity contribution in [3.8, 4) is 0 Å². The van der Waals surface area contributed by atoms with E-state index >= 15 is 0 Å². The molecule has 4 aromatic rings. The third-order valence-electron chi connectivity index (χ3n) is 31.6. The number of esters is 2. The third-order valence-corrected chi connectivity index (χ3v) is 32.4. The monoisotopic (exact) mass is 2080 g/mol. The van der Waals surface area contributed by atoms with Crippen molar-refractivity contribution in [3.63, 3.8) is 0 Å². The maximum Gasteiger partial charge on any atom is 0.311 e. The molecule has 2 amide bonds. The second kappa shape index (κ2) is 52.5. The molecular formula is C109H176Cl2N8O26. The molecule has 6 aliphatic rings. The van der Waals surface area contributed by atoms with E-state index < -0.39 is 192 Å². The van der Waals surface area contributed by atoms with Crippen molar-refractivity contribution in [2.24, 2.45) is 35.5 Å². The van der Waals surface area contributed by atoms with E-state index in [-0.39, 0.29) is 93.0 Å². The van der Waals surface area contributed by atoms with E-state index in [0.29, 0.717) is 96.6 Å². The highest BCUT2D eigenvalue weighted by Gasteiger charge is 2.57. The fraction of sp³-hybridized carbons (Fsp3) is 0.743. The zero-order valence-electron chi connectivity index (χ0n) is 91.2. The highest BCUT2D eigenvalue weighted by Crippen LogP contribution is 2.46. The van der Waals surface area contributed by atoms with Gasteiger partial charge in [0.05, 0.1) is 121 Å². The first-order chi connectivity index (χ1) is 67.7. The number of nitrogens with zero attached hydrogens (tertiary/aromatic N) is 4. The largest absolute Gasteiger partial charge is 0.459 e. The maximum atomic E-state index is 14.6. The number of methoxy groups -OCH3 is 2. The quantitative estimate of drug-likeness (QED) is 0.0185. The van der Waals surface area contributed by atoms with Gasteiger partial charge in [-0.2, -0.15) is 0 Å². The number of carbonyl (C=O) groups excluding carboxylic acids is 4. The van der Waals surface area contributed by atoms with Crippen LogP contribution in [0.5, 0.6) is 0 Å². The van der Waals surface area contributed by atoms with Gasteiger partial charge in [0.2, 0.25) is 0 Å². The molecule has 14 N–H and O–H groups in total. The number of ether oxygens (including phenoxy) is 12. The Morgan fingerprint density at radius 2 is 0.862 bits per heavy atom. The van der Waals surface area contributed by atoms with Crippen LogP contribution < -0.4 is 21.3 Å². The minimum absolute atomic E-state index is 0.0878. The third kappa shape index (κ3) is 30.1. The van der Waals surface area contributed by atoms with E-state index in [1.54, 1.807) is 119 Å². The number of amides is 2. The maximum absolute atomic E-state index is 14.6. The number of cyclic esters (lactones) is 2. The van der Waals surface area contributed by atoms with Gasteiger partial charge in [0.25, 0.3) is 11.8 Å². The first kappa shape index (κ1) is 122. The summed E-state index contributed by atoms with van der Waals surface area (Å²) in [6.07, 6.45) is -17.5. The van der Waals surface area contributed by atoms with Gasteiger partial charge in [0.1, 0.15) is 60.0 Å². The Labute approximate surface area is 870 Å². The normalized spacial score (nSPS) is 38.7. The standard InChI is InChI=1S/C55H90N4O13.C54H86Cl2N4O13/c1-16-43-55(12,66)47(61)37(8)59(26-20-25-56-50(63)39-22-17-18-23-41(39)57-40-24-19-21-32(3)34(40)5)30-31(2)28-53(10,65)49(72-52-45(60)42(58(13)14)27-33(4)68-52)35(6)46(36(7)51(64)70-43)71-44-29-54(11,67-15)48(62)38(9)69-44;1-15-40-54(11,67)46(62)34(7)60(24-18-23-57-49(64)36-19-16-17-20-38(36)58-43-37(55)22-21-30(3)42(43)56)28-29(2)26-52(9,66)48(73-51-44(61)39(59(12)13)25-31(4)69-51)32(5)45(33(6)50(65)71-40)72-41-27-53(10,68-14)47(63)35(8)70-41/h17-19,21-24,31,33,35-38,42-49,52,57,60-62,65-66H,16,20,25-30H2,1-15H3,(H,56,63);16-17,19-22,29,31-35,39-41,44-48,51,58,61-63,66-67H,15,18,23-28H2,1-14H3,(H,57,64)/t31-,33-,35+,36-,37-,38+,42+,43-,44+,45-,46+,47-,48+,49-,52+,53-,54-,55-;29-,31-,32+,33-,34-,35+,39+,40-,41+,44-,45+,46-,47+,48-,51+,52-,53-,54-/m11/s1. The molecule has 6 saturated heterocycles. The van der Waals surface area contributed by atoms with Crippen molar-refractivity contribution in [2.45, 2.75) is 404 Å². The van der Waals surface area contributed by atoms with Crippen LogP contribution in [-0.2, 0) is 66.4 Å². The van der Waals surface area contributed by atoms with Crippen molar-refractivity contribution in [2.75, 3.05) is 92.3 Å². The topological polar surface area (TPSA) is 442 Å². The smallest absolute Gasteiger partial charge is 0.311 e. The van der Waals surface area contributed by atoms with Gasteiger partial charge < -0.3 is 139 Å². The van der Waals surface area contributed by atoms with Crippen molar-refractivity contribution >= 4 is 69.7 Å². The molecule has 0 unspecified atom stereocenters. The number of aryl methyl sites for hydroxylation is 2. The molecule has 6 aliphatic heterocycles. The van der Waals surface area contributed by atoms with Gasteiger partial charge in [-0.05, 0) is 262 Å². The first-order valence-corrected chi connectivity index (χ1v) is 52.8. The molecule has 0 aliphatic carbocycles. The Kier molecular flexibility index (Phi) is 44.4. The molecule has 145 heavy (non-hydrogen) atoms. The number of aliphatic hydroxyl groups excluding tert-OH is 6. The Hall–Kier alpha value is -6.02. The molecule has 10 rings (SSSR count).